The van der Waals surface area contributed by atoms with E-state index in [-0.39, 0.29) is 19.5 Å². The van der Waals surface area contributed by atoms with E-state index in [0.717, 1.165) is 12.2 Å². The van der Waals surface area contributed by atoms with Crippen LogP contribution >= 0.6 is 0 Å². The van der Waals surface area contributed by atoms with Crippen molar-refractivity contribution in [3.63, 3.8) is 0 Å². The number of rotatable bonds is 2. The minimum absolute atomic E-state index is 0. The van der Waals surface area contributed by atoms with E-state index in [9.17, 15) is 9.59 Å². The van der Waals surface area contributed by atoms with Crippen LogP contribution in [0.2, 0.25) is 0 Å². The van der Waals surface area contributed by atoms with Crippen molar-refractivity contribution in [2.45, 2.75) is 0 Å². The SMILES string of the molecule is C=CC(=O)OC(=O)C=C.[Zn]. The molecule has 0 aliphatic carbocycles. The van der Waals surface area contributed by atoms with E-state index in [1.54, 1.807) is 0 Å². The van der Waals surface area contributed by atoms with Gasteiger partial charge >= 0.3 is 11.9 Å². The minimum Gasteiger partial charge on any atom is -0.387 e. The van der Waals surface area contributed by atoms with Gasteiger partial charge in [0.25, 0.3) is 0 Å². The molecule has 0 spiro atoms. The van der Waals surface area contributed by atoms with E-state index in [2.05, 4.69) is 17.9 Å². The van der Waals surface area contributed by atoms with Gasteiger partial charge in [0, 0.05) is 31.6 Å². The molecule has 0 rings (SSSR count). The van der Waals surface area contributed by atoms with Gasteiger partial charge < -0.3 is 4.74 Å². The molecule has 3 nitrogen and oxygen atoms in total. The number of carbonyl (C=O) groups is 2. The maximum atomic E-state index is 10.2. The number of ether oxygens (including phenoxy) is 1. The number of hydrogen-bond acceptors (Lipinski definition) is 3. The maximum absolute atomic E-state index is 10.2. The Bertz CT molecular complexity index is 144. The minimum atomic E-state index is -0.764. The summed E-state index contributed by atoms with van der Waals surface area (Å²) in [5.41, 5.74) is 0. The van der Waals surface area contributed by atoms with Gasteiger partial charge in [-0.3, -0.25) is 0 Å². The van der Waals surface area contributed by atoms with E-state index < -0.39 is 11.9 Å². The fourth-order valence-corrected chi connectivity index (χ4v) is 0.182. The second kappa shape index (κ2) is 6.36. The molecule has 0 fully saturated rings. The Hall–Kier alpha value is -0.757. The van der Waals surface area contributed by atoms with E-state index >= 15 is 0 Å². The van der Waals surface area contributed by atoms with E-state index in [0.29, 0.717) is 0 Å². The van der Waals surface area contributed by atoms with Crippen LogP contribution < -0.4 is 0 Å². The van der Waals surface area contributed by atoms with Crippen molar-refractivity contribution in [3.8, 4) is 0 Å². The summed E-state index contributed by atoms with van der Waals surface area (Å²) in [5.74, 6) is -1.53. The van der Waals surface area contributed by atoms with Gasteiger partial charge in [0.05, 0.1) is 0 Å². The molecule has 0 aliphatic rings. The van der Waals surface area contributed by atoms with Crippen molar-refractivity contribution in [1.82, 2.24) is 0 Å². The largest absolute Gasteiger partial charge is 0.387 e. The zero-order valence-electron chi connectivity index (χ0n) is 5.50. The quantitative estimate of drug-likeness (QED) is 0.275. The molecular weight excluding hydrogens is 185 g/mol. The summed E-state index contributed by atoms with van der Waals surface area (Å²) < 4.78 is 4.03. The van der Waals surface area contributed by atoms with Crippen molar-refractivity contribution >= 4 is 11.9 Å². The predicted molar refractivity (Wildman–Crippen MR) is 31.5 cm³/mol. The normalized spacial score (nSPS) is 6.80. The van der Waals surface area contributed by atoms with Gasteiger partial charge in [0.1, 0.15) is 0 Å². The van der Waals surface area contributed by atoms with Crippen molar-refractivity contribution in [3.05, 3.63) is 25.3 Å². The van der Waals surface area contributed by atoms with Crippen LogP contribution in [0.1, 0.15) is 0 Å². The Morgan fingerprint density at radius 1 is 1.10 bits per heavy atom. The van der Waals surface area contributed by atoms with Crippen molar-refractivity contribution < 1.29 is 33.8 Å². The fourth-order valence-electron chi connectivity index (χ4n) is 0.182. The molecule has 0 aromatic carbocycles. The zero-order chi connectivity index (χ0) is 7.28. The number of esters is 2. The molecule has 50 valence electrons. The number of carbonyl (C=O) groups excluding carboxylic acids is 2. The van der Waals surface area contributed by atoms with Gasteiger partial charge in [-0.15, -0.1) is 0 Å². The van der Waals surface area contributed by atoms with Crippen molar-refractivity contribution in [1.29, 1.82) is 0 Å². The summed E-state index contributed by atoms with van der Waals surface area (Å²) in [4.78, 5) is 20.3. The topological polar surface area (TPSA) is 43.4 Å². The van der Waals surface area contributed by atoms with Gasteiger partial charge in [-0.2, -0.15) is 0 Å². The third kappa shape index (κ3) is 5.38. The van der Waals surface area contributed by atoms with Crippen LogP contribution in [-0.4, -0.2) is 11.9 Å². The Morgan fingerprint density at radius 3 is 1.60 bits per heavy atom. The van der Waals surface area contributed by atoms with Crippen LogP contribution in [0.15, 0.2) is 25.3 Å². The Kier molecular flexibility index (Phi) is 7.62. The molecule has 0 aromatic heterocycles. The first-order valence-corrected chi connectivity index (χ1v) is 2.21. The van der Waals surface area contributed by atoms with Crippen LogP contribution in [0.3, 0.4) is 0 Å². The molecule has 0 heterocycles. The zero-order valence-corrected chi connectivity index (χ0v) is 8.47. The summed E-state index contributed by atoms with van der Waals surface area (Å²) >= 11 is 0. The summed E-state index contributed by atoms with van der Waals surface area (Å²) in [7, 11) is 0. The fraction of sp³-hybridized carbons (Fsp3) is 0. The second-order valence-corrected chi connectivity index (χ2v) is 1.15. The average molecular weight is 192 g/mol. The third-order valence-corrected chi connectivity index (χ3v) is 0.535. The van der Waals surface area contributed by atoms with Crippen LogP contribution in [0.5, 0.6) is 0 Å². The molecule has 0 amide bonds. The molecule has 0 N–H and O–H groups in total. The summed E-state index contributed by atoms with van der Waals surface area (Å²) in [6.45, 7) is 6.17. The maximum Gasteiger partial charge on any atom is 0.338 e. The number of hydrogen-bond donors (Lipinski definition) is 0. The molecule has 0 unspecified atom stereocenters. The Balaban J connectivity index is 0. The molecule has 0 aliphatic heterocycles. The molecular formula is C6H6O3Zn. The van der Waals surface area contributed by atoms with E-state index in [1.807, 2.05) is 0 Å². The van der Waals surface area contributed by atoms with E-state index in [1.165, 1.54) is 0 Å². The summed E-state index contributed by atoms with van der Waals surface area (Å²) in [6, 6.07) is 0. The monoisotopic (exact) mass is 190 g/mol. The standard InChI is InChI=1S/C6H6O3.Zn/c1-3-5(7)9-6(8)4-2;/h3-4H,1-2H2;. The summed E-state index contributed by atoms with van der Waals surface area (Å²) in [5, 5.41) is 0. The first kappa shape index (κ1) is 12.0. The van der Waals surface area contributed by atoms with Gasteiger partial charge in [-0.05, 0) is 0 Å². The van der Waals surface area contributed by atoms with E-state index in [4.69, 9.17) is 0 Å². The molecule has 0 saturated heterocycles. The molecule has 0 saturated carbocycles. The Morgan fingerprint density at radius 2 is 1.40 bits per heavy atom. The van der Waals surface area contributed by atoms with Crippen LogP contribution in [0.25, 0.3) is 0 Å². The molecule has 0 aromatic rings. The second-order valence-electron chi connectivity index (χ2n) is 1.15. The summed E-state index contributed by atoms with van der Waals surface area (Å²) in [6.07, 6.45) is 1.81. The van der Waals surface area contributed by atoms with Gasteiger partial charge in [-0.1, -0.05) is 13.2 Å². The van der Waals surface area contributed by atoms with Crippen molar-refractivity contribution in [2.75, 3.05) is 0 Å². The first-order valence-electron chi connectivity index (χ1n) is 2.21. The van der Waals surface area contributed by atoms with Crippen LogP contribution in [0.4, 0.5) is 0 Å². The Labute approximate surface area is 71.5 Å². The molecule has 0 radical (unpaired) electrons. The molecule has 10 heavy (non-hydrogen) atoms. The molecule has 0 bridgehead atoms. The van der Waals surface area contributed by atoms with Crippen molar-refractivity contribution in [2.24, 2.45) is 0 Å². The molecule has 0 atom stereocenters. The van der Waals surface area contributed by atoms with Gasteiger partial charge in [0.2, 0.25) is 0 Å². The smallest absolute Gasteiger partial charge is 0.338 e. The van der Waals surface area contributed by atoms with Crippen LogP contribution in [0, 0.1) is 0 Å². The predicted octanol–water partition coefficient (Wildman–Crippen LogP) is 0.426. The average Bonchev–Trinajstić information content (AvgIpc) is 1.87. The molecule has 4 heteroatoms. The van der Waals surface area contributed by atoms with Crippen LogP contribution in [-0.2, 0) is 33.8 Å². The third-order valence-electron chi connectivity index (χ3n) is 0.535. The van der Waals surface area contributed by atoms with Gasteiger partial charge in [-0.25, -0.2) is 9.59 Å². The first-order chi connectivity index (χ1) is 4.20. The van der Waals surface area contributed by atoms with Gasteiger partial charge in [0.15, 0.2) is 0 Å².